The van der Waals surface area contributed by atoms with E-state index in [0.717, 1.165) is 6.07 Å². The van der Waals surface area contributed by atoms with Gasteiger partial charge in [-0.25, -0.2) is 0 Å². The predicted octanol–water partition coefficient (Wildman–Crippen LogP) is -1.04. The number of aromatic hydroxyl groups is 2. The summed E-state index contributed by atoms with van der Waals surface area (Å²) >= 11 is 0. The lowest BCUT2D eigenvalue weighted by atomic mass is 9.92. The molecule has 7 unspecified atom stereocenters. The molecule has 2 heterocycles. The van der Waals surface area contributed by atoms with Crippen molar-refractivity contribution in [1.29, 1.82) is 0 Å². The van der Waals surface area contributed by atoms with Crippen molar-refractivity contribution in [1.82, 2.24) is 0 Å². The van der Waals surface area contributed by atoms with Crippen LogP contribution in [0.1, 0.15) is 22.0 Å². The number of methoxy groups -OCH3 is 1. The van der Waals surface area contributed by atoms with Crippen LogP contribution in [0.3, 0.4) is 0 Å². The number of aliphatic hydroxyl groups excluding tert-OH is 5. The fourth-order valence-electron chi connectivity index (χ4n) is 3.88. The number of benzene rings is 2. The number of Topliss-reactive ketones (excluding diaryl/α,β-unsaturated/α-hetero) is 1. The molecule has 2 aliphatic rings. The molecule has 4 rings (SSSR count). The van der Waals surface area contributed by atoms with Gasteiger partial charge in [-0.15, -0.1) is 0 Å². The lowest BCUT2D eigenvalue weighted by molar-refractivity contribution is -0.277. The summed E-state index contributed by atoms with van der Waals surface area (Å²) in [6.45, 7) is -0.644. The quantitative estimate of drug-likeness (QED) is 0.257. The van der Waals surface area contributed by atoms with Crippen LogP contribution in [-0.2, 0) is 4.74 Å². The van der Waals surface area contributed by atoms with E-state index < -0.39 is 66.8 Å². The molecule has 0 aromatic heterocycles. The topological polar surface area (TPSA) is 196 Å². The minimum atomic E-state index is -1.67. The zero-order chi connectivity index (χ0) is 24.7. The maximum atomic E-state index is 12.9. The van der Waals surface area contributed by atoms with Gasteiger partial charge in [-0.05, 0) is 17.7 Å². The maximum Gasteiger partial charge on any atom is 0.229 e. The van der Waals surface area contributed by atoms with Crippen LogP contribution in [0.4, 0.5) is 0 Å². The molecule has 1 saturated heterocycles. The van der Waals surface area contributed by atoms with E-state index in [4.69, 9.17) is 18.9 Å². The Labute approximate surface area is 192 Å². The molecule has 0 bridgehead atoms. The highest BCUT2D eigenvalue weighted by molar-refractivity contribution is 6.05. The number of phenols is 2. The summed E-state index contributed by atoms with van der Waals surface area (Å²) in [4.78, 5) is 12.9. The van der Waals surface area contributed by atoms with Crippen molar-refractivity contribution in [3.05, 3.63) is 41.5 Å². The standard InChI is InChI=1S/C22H24O12/c1-31-12-5-9(32-22-20(30)18(28)16(26)14(7-23)34-22)6-13-15(12)17(27)19(29)21(33-13)8-2-3-10(24)11(25)4-8/h2-6,14,16,18-26,28-30H,7H2,1H3. The van der Waals surface area contributed by atoms with E-state index in [9.17, 15) is 40.5 Å². The van der Waals surface area contributed by atoms with E-state index in [0.29, 0.717) is 0 Å². The van der Waals surface area contributed by atoms with Crippen molar-refractivity contribution in [3.63, 3.8) is 0 Å². The van der Waals surface area contributed by atoms with Gasteiger partial charge < -0.3 is 54.7 Å². The number of hydrogen-bond donors (Lipinski definition) is 7. The maximum absolute atomic E-state index is 12.9. The van der Waals surface area contributed by atoms with Crippen molar-refractivity contribution >= 4 is 5.78 Å². The second-order valence-electron chi connectivity index (χ2n) is 7.91. The summed E-state index contributed by atoms with van der Waals surface area (Å²) in [5.74, 6) is -1.67. The first-order valence-corrected chi connectivity index (χ1v) is 10.3. The summed E-state index contributed by atoms with van der Waals surface area (Å²) < 4.78 is 22.0. The first kappa shape index (κ1) is 24.0. The van der Waals surface area contributed by atoms with Crippen LogP contribution in [0, 0.1) is 0 Å². The van der Waals surface area contributed by atoms with Gasteiger partial charge in [0.15, 0.2) is 23.7 Å². The molecule has 2 aromatic carbocycles. The molecular weight excluding hydrogens is 456 g/mol. The average molecular weight is 480 g/mol. The van der Waals surface area contributed by atoms with E-state index in [1.807, 2.05) is 0 Å². The van der Waals surface area contributed by atoms with Gasteiger partial charge in [0.2, 0.25) is 12.1 Å². The molecule has 12 nitrogen and oxygen atoms in total. The summed E-state index contributed by atoms with van der Waals surface area (Å²) in [5, 5.41) is 69.4. The Balaban J connectivity index is 1.67. The van der Waals surface area contributed by atoms with Gasteiger partial charge in [0, 0.05) is 12.1 Å². The van der Waals surface area contributed by atoms with Crippen molar-refractivity contribution in [2.45, 2.75) is 42.9 Å². The summed E-state index contributed by atoms with van der Waals surface area (Å²) in [5.41, 5.74) is 0.136. The predicted molar refractivity (Wildman–Crippen MR) is 111 cm³/mol. The van der Waals surface area contributed by atoms with Gasteiger partial charge in [-0.2, -0.15) is 0 Å². The van der Waals surface area contributed by atoms with Crippen molar-refractivity contribution < 1.29 is 59.5 Å². The number of fused-ring (bicyclic) bond motifs is 1. The Kier molecular flexibility index (Phi) is 6.53. The Morgan fingerprint density at radius 2 is 1.71 bits per heavy atom. The van der Waals surface area contributed by atoms with Crippen LogP contribution in [0.5, 0.6) is 28.7 Å². The van der Waals surface area contributed by atoms with Crippen molar-refractivity contribution in [2.75, 3.05) is 13.7 Å². The number of rotatable bonds is 5. The number of aliphatic hydroxyl groups is 5. The van der Waals surface area contributed by atoms with Crippen LogP contribution in [-0.4, -0.2) is 92.1 Å². The lowest BCUT2D eigenvalue weighted by Crippen LogP contribution is -2.60. The molecule has 0 radical (unpaired) electrons. The molecule has 184 valence electrons. The Morgan fingerprint density at radius 1 is 0.971 bits per heavy atom. The second-order valence-corrected chi connectivity index (χ2v) is 7.91. The average Bonchev–Trinajstić information content (AvgIpc) is 2.82. The highest BCUT2D eigenvalue weighted by Gasteiger charge is 2.45. The van der Waals surface area contributed by atoms with Crippen LogP contribution in [0.15, 0.2) is 30.3 Å². The first-order chi connectivity index (χ1) is 16.2. The highest BCUT2D eigenvalue weighted by atomic mass is 16.7. The summed E-state index contributed by atoms with van der Waals surface area (Å²) in [6, 6.07) is 6.25. The lowest BCUT2D eigenvalue weighted by Gasteiger charge is -2.39. The SMILES string of the molecule is COc1cc(OC2OC(CO)C(O)C(O)C2O)cc2c1C(=O)C(O)C(c1ccc(O)c(O)c1)O2. The molecular formula is C22H24O12. The summed E-state index contributed by atoms with van der Waals surface area (Å²) in [6.07, 6.45) is -10.5. The molecule has 0 spiro atoms. The second kappa shape index (κ2) is 9.25. The third-order valence-corrected chi connectivity index (χ3v) is 5.74. The van der Waals surface area contributed by atoms with Crippen molar-refractivity contribution in [2.24, 2.45) is 0 Å². The van der Waals surface area contributed by atoms with Crippen molar-refractivity contribution in [3.8, 4) is 28.7 Å². The number of ether oxygens (including phenoxy) is 4. The summed E-state index contributed by atoms with van der Waals surface area (Å²) in [7, 11) is 1.27. The first-order valence-electron chi connectivity index (χ1n) is 10.3. The zero-order valence-electron chi connectivity index (χ0n) is 17.8. The fraction of sp³-hybridized carbons (Fsp3) is 0.409. The number of phenolic OH excluding ortho intramolecular Hbond substituents is 2. The van der Waals surface area contributed by atoms with Gasteiger partial charge >= 0.3 is 0 Å². The van der Waals surface area contributed by atoms with Crippen LogP contribution < -0.4 is 14.2 Å². The third-order valence-electron chi connectivity index (χ3n) is 5.74. The molecule has 0 saturated carbocycles. The minimum Gasteiger partial charge on any atom is -0.504 e. The van der Waals surface area contributed by atoms with E-state index >= 15 is 0 Å². The van der Waals surface area contributed by atoms with Gasteiger partial charge in [0.1, 0.15) is 47.2 Å². The molecule has 0 amide bonds. The molecule has 7 atom stereocenters. The van der Waals surface area contributed by atoms with Crippen LogP contribution in [0.25, 0.3) is 0 Å². The molecule has 0 aliphatic carbocycles. The van der Waals surface area contributed by atoms with Gasteiger partial charge in [-0.3, -0.25) is 4.79 Å². The van der Waals surface area contributed by atoms with Gasteiger partial charge in [0.25, 0.3) is 0 Å². The zero-order valence-corrected chi connectivity index (χ0v) is 17.8. The molecule has 12 heteroatoms. The molecule has 2 aliphatic heterocycles. The van der Waals surface area contributed by atoms with E-state index in [-0.39, 0.29) is 28.4 Å². The highest BCUT2D eigenvalue weighted by Crippen LogP contribution is 2.44. The Hall–Kier alpha value is -3.13. The van der Waals surface area contributed by atoms with Gasteiger partial charge in [-0.1, -0.05) is 6.07 Å². The molecule has 34 heavy (non-hydrogen) atoms. The number of carbonyl (C=O) groups excluding carboxylic acids is 1. The van der Waals surface area contributed by atoms with Gasteiger partial charge in [0.05, 0.1) is 13.7 Å². The minimum absolute atomic E-state index is 0.0172. The number of carbonyl (C=O) groups is 1. The van der Waals surface area contributed by atoms with Crippen LogP contribution in [0.2, 0.25) is 0 Å². The monoisotopic (exact) mass is 480 g/mol. The molecule has 2 aromatic rings. The van der Waals surface area contributed by atoms with Crippen LogP contribution >= 0.6 is 0 Å². The Morgan fingerprint density at radius 3 is 2.35 bits per heavy atom. The number of hydrogen-bond acceptors (Lipinski definition) is 12. The smallest absolute Gasteiger partial charge is 0.229 e. The molecule has 7 N–H and O–H groups in total. The Bertz CT molecular complexity index is 1070. The largest absolute Gasteiger partial charge is 0.504 e. The number of ketones is 1. The van der Waals surface area contributed by atoms with E-state index in [1.54, 1.807) is 0 Å². The molecule has 1 fully saturated rings. The van der Waals surface area contributed by atoms with E-state index in [2.05, 4.69) is 0 Å². The van der Waals surface area contributed by atoms with E-state index in [1.165, 1.54) is 31.4 Å². The normalized spacial score (nSPS) is 30.9. The third kappa shape index (κ3) is 4.11. The fourth-order valence-corrected chi connectivity index (χ4v) is 3.88.